The molecule has 0 aromatic carbocycles. The lowest BCUT2D eigenvalue weighted by Crippen LogP contribution is -2.43. The molecule has 0 aliphatic carbocycles. The molecule has 0 saturated heterocycles. The zero-order valence-corrected chi connectivity index (χ0v) is 9.40. The van der Waals surface area contributed by atoms with E-state index in [2.05, 4.69) is 10.4 Å². The monoisotopic (exact) mass is 210 g/mol. The van der Waals surface area contributed by atoms with Crippen LogP contribution in [0.2, 0.25) is 0 Å². The highest BCUT2D eigenvalue weighted by atomic mass is 16.1. The van der Waals surface area contributed by atoms with Crippen LogP contribution in [0, 0.1) is 5.92 Å². The van der Waals surface area contributed by atoms with Gasteiger partial charge in [0.2, 0.25) is 0 Å². The lowest BCUT2D eigenvalue weighted by atomic mass is 10.0. The van der Waals surface area contributed by atoms with Crippen molar-refractivity contribution in [1.82, 2.24) is 15.1 Å². The molecule has 1 amide bonds. The molecule has 1 heterocycles. The number of nitrogens with one attached hydrogen (secondary N) is 1. The summed E-state index contributed by atoms with van der Waals surface area (Å²) in [5, 5.41) is 6.82. The van der Waals surface area contributed by atoms with Crippen LogP contribution in [0.15, 0.2) is 12.4 Å². The number of amides is 1. The van der Waals surface area contributed by atoms with Crippen molar-refractivity contribution in [2.45, 2.75) is 19.9 Å². The molecule has 0 radical (unpaired) electrons. The first-order valence-electron chi connectivity index (χ1n) is 5.04. The van der Waals surface area contributed by atoms with E-state index in [1.807, 2.05) is 13.8 Å². The van der Waals surface area contributed by atoms with Gasteiger partial charge in [-0.15, -0.1) is 0 Å². The summed E-state index contributed by atoms with van der Waals surface area (Å²) in [6.07, 6.45) is 3.23. The standard InChI is InChI=1S/C10H18N4O/c1-7(2)9(4-11)13-10(15)8-5-12-14(3)6-8/h5-7,9H,4,11H2,1-3H3,(H,13,15). The van der Waals surface area contributed by atoms with Crippen molar-refractivity contribution < 1.29 is 4.79 Å². The van der Waals surface area contributed by atoms with Gasteiger partial charge in [0.15, 0.2) is 0 Å². The van der Waals surface area contributed by atoms with Crippen molar-refractivity contribution in [2.24, 2.45) is 18.7 Å². The third-order valence-corrected chi connectivity index (χ3v) is 2.34. The normalized spacial score (nSPS) is 12.9. The quantitative estimate of drug-likeness (QED) is 0.742. The number of aryl methyl sites for hydroxylation is 1. The molecule has 15 heavy (non-hydrogen) atoms. The second-order valence-electron chi connectivity index (χ2n) is 3.96. The zero-order valence-electron chi connectivity index (χ0n) is 9.40. The Balaban J connectivity index is 2.62. The Hall–Kier alpha value is -1.36. The number of nitrogens with zero attached hydrogens (tertiary/aromatic N) is 2. The maximum Gasteiger partial charge on any atom is 0.254 e. The van der Waals surface area contributed by atoms with Gasteiger partial charge in [0.05, 0.1) is 11.8 Å². The molecule has 1 rings (SSSR count). The van der Waals surface area contributed by atoms with Gasteiger partial charge in [-0.05, 0) is 5.92 Å². The molecule has 0 saturated carbocycles. The third kappa shape index (κ3) is 3.06. The fourth-order valence-corrected chi connectivity index (χ4v) is 1.29. The predicted octanol–water partition coefficient (Wildman–Crippen LogP) is 0.133. The fraction of sp³-hybridized carbons (Fsp3) is 0.600. The maximum atomic E-state index is 11.7. The zero-order chi connectivity index (χ0) is 11.4. The molecule has 5 nitrogen and oxygen atoms in total. The van der Waals surface area contributed by atoms with Gasteiger partial charge >= 0.3 is 0 Å². The second kappa shape index (κ2) is 4.93. The third-order valence-electron chi connectivity index (χ3n) is 2.34. The van der Waals surface area contributed by atoms with E-state index in [0.717, 1.165) is 0 Å². The number of rotatable bonds is 4. The topological polar surface area (TPSA) is 72.9 Å². The van der Waals surface area contributed by atoms with Crippen molar-refractivity contribution in [1.29, 1.82) is 0 Å². The minimum Gasteiger partial charge on any atom is -0.348 e. The first kappa shape index (κ1) is 11.7. The van der Waals surface area contributed by atoms with E-state index in [9.17, 15) is 4.79 Å². The van der Waals surface area contributed by atoms with Gasteiger partial charge < -0.3 is 11.1 Å². The summed E-state index contributed by atoms with van der Waals surface area (Å²) in [4.78, 5) is 11.7. The average Bonchev–Trinajstić information content (AvgIpc) is 2.60. The Kier molecular flexibility index (Phi) is 3.85. The molecular weight excluding hydrogens is 192 g/mol. The number of carbonyl (C=O) groups excluding carboxylic acids is 1. The molecule has 1 aromatic heterocycles. The van der Waals surface area contributed by atoms with Crippen molar-refractivity contribution in [2.75, 3.05) is 6.54 Å². The Morgan fingerprint density at radius 1 is 1.67 bits per heavy atom. The average molecular weight is 210 g/mol. The second-order valence-corrected chi connectivity index (χ2v) is 3.96. The van der Waals surface area contributed by atoms with Crippen LogP contribution in [0.3, 0.4) is 0 Å². The first-order valence-corrected chi connectivity index (χ1v) is 5.04. The Labute approximate surface area is 89.6 Å². The van der Waals surface area contributed by atoms with E-state index >= 15 is 0 Å². The number of carbonyl (C=O) groups is 1. The summed E-state index contributed by atoms with van der Waals surface area (Å²) >= 11 is 0. The van der Waals surface area contributed by atoms with Crippen LogP contribution in [0.25, 0.3) is 0 Å². The van der Waals surface area contributed by atoms with E-state index in [-0.39, 0.29) is 11.9 Å². The van der Waals surface area contributed by atoms with Crippen molar-refractivity contribution in [3.05, 3.63) is 18.0 Å². The Morgan fingerprint density at radius 3 is 2.73 bits per heavy atom. The highest BCUT2D eigenvalue weighted by Gasteiger charge is 2.16. The number of hydrogen-bond acceptors (Lipinski definition) is 3. The molecule has 1 aromatic rings. The molecule has 0 bridgehead atoms. The van der Waals surface area contributed by atoms with Gasteiger partial charge in [0, 0.05) is 25.8 Å². The fourth-order valence-electron chi connectivity index (χ4n) is 1.29. The number of hydrogen-bond donors (Lipinski definition) is 2. The van der Waals surface area contributed by atoms with Gasteiger partial charge in [0.25, 0.3) is 5.91 Å². The predicted molar refractivity (Wildman–Crippen MR) is 58.4 cm³/mol. The van der Waals surface area contributed by atoms with Crippen LogP contribution in [0.4, 0.5) is 0 Å². The van der Waals surface area contributed by atoms with Gasteiger partial charge in [-0.2, -0.15) is 5.10 Å². The van der Waals surface area contributed by atoms with E-state index in [1.165, 1.54) is 0 Å². The SMILES string of the molecule is CC(C)C(CN)NC(=O)c1cnn(C)c1. The van der Waals surface area contributed by atoms with Crippen molar-refractivity contribution >= 4 is 5.91 Å². The molecule has 1 atom stereocenters. The van der Waals surface area contributed by atoms with Crippen LogP contribution in [0.1, 0.15) is 24.2 Å². The van der Waals surface area contributed by atoms with Gasteiger partial charge in [-0.25, -0.2) is 0 Å². The summed E-state index contributed by atoms with van der Waals surface area (Å²) in [6.45, 7) is 4.51. The van der Waals surface area contributed by atoms with E-state index in [4.69, 9.17) is 5.73 Å². The molecular formula is C10H18N4O. The summed E-state index contributed by atoms with van der Waals surface area (Å²) in [7, 11) is 1.78. The molecule has 1 unspecified atom stereocenters. The summed E-state index contributed by atoms with van der Waals surface area (Å²) in [6, 6.07) is 0.0118. The van der Waals surface area contributed by atoms with E-state index in [1.54, 1.807) is 24.1 Å². The number of aromatic nitrogens is 2. The molecule has 0 spiro atoms. The lowest BCUT2D eigenvalue weighted by Gasteiger charge is -2.19. The highest BCUT2D eigenvalue weighted by molar-refractivity contribution is 5.93. The molecule has 0 fully saturated rings. The largest absolute Gasteiger partial charge is 0.348 e. The van der Waals surface area contributed by atoms with Crippen LogP contribution in [-0.4, -0.2) is 28.3 Å². The molecule has 84 valence electrons. The molecule has 0 aliphatic heterocycles. The van der Waals surface area contributed by atoms with Crippen molar-refractivity contribution in [3.8, 4) is 0 Å². The van der Waals surface area contributed by atoms with Crippen LogP contribution < -0.4 is 11.1 Å². The maximum absolute atomic E-state index is 11.7. The molecule has 0 aliphatic rings. The van der Waals surface area contributed by atoms with Crippen LogP contribution in [0.5, 0.6) is 0 Å². The van der Waals surface area contributed by atoms with Gasteiger partial charge in [-0.1, -0.05) is 13.8 Å². The van der Waals surface area contributed by atoms with E-state index in [0.29, 0.717) is 18.0 Å². The first-order chi connectivity index (χ1) is 7.04. The lowest BCUT2D eigenvalue weighted by molar-refractivity contribution is 0.0927. The summed E-state index contributed by atoms with van der Waals surface area (Å²) in [5.74, 6) is 0.211. The smallest absolute Gasteiger partial charge is 0.254 e. The summed E-state index contributed by atoms with van der Waals surface area (Å²) in [5.41, 5.74) is 6.14. The van der Waals surface area contributed by atoms with Crippen molar-refractivity contribution in [3.63, 3.8) is 0 Å². The summed E-state index contributed by atoms with van der Waals surface area (Å²) < 4.78 is 1.60. The molecule has 3 N–H and O–H groups in total. The Bertz CT molecular complexity index is 332. The minimum atomic E-state index is -0.118. The van der Waals surface area contributed by atoms with Gasteiger partial charge in [0.1, 0.15) is 0 Å². The highest BCUT2D eigenvalue weighted by Crippen LogP contribution is 2.02. The number of nitrogens with two attached hydrogens (primary N) is 1. The minimum absolute atomic E-state index is 0.0118. The van der Waals surface area contributed by atoms with E-state index < -0.39 is 0 Å². The molecule has 5 heteroatoms. The Morgan fingerprint density at radius 2 is 2.33 bits per heavy atom. The van der Waals surface area contributed by atoms with Crippen LogP contribution >= 0.6 is 0 Å². The van der Waals surface area contributed by atoms with Crippen LogP contribution in [-0.2, 0) is 7.05 Å². The van der Waals surface area contributed by atoms with Gasteiger partial charge in [-0.3, -0.25) is 9.48 Å².